The molecule has 0 fully saturated rings. The molecule has 1 aromatic carbocycles. The van der Waals surface area contributed by atoms with Gasteiger partial charge in [0.15, 0.2) is 0 Å². The molecule has 3 heterocycles. The van der Waals surface area contributed by atoms with Gasteiger partial charge in [-0.25, -0.2) is 9.37 Å². The van der Waals surface area contributed by atoms with Crippen LogP contribution in [0.1, 0.15) is 5.56 Å². The van der Waals surface area contributed by atoms with Crippen LogP contribution in [0.5, 0.6) is 0 Å². The predicted molar refractivity (Wildman–Crippen MR) is 104 cm³/mol. The summed E-state index contributed by atoms with van der Waals surface area (Å²) in [7, 11) is 0. The van der Waals surface area contributed by atoms with Gasteiger partial charge in [0.25, 0.3) is 0 Å². The van der Waals surface area contributed by atoms with Crippen LogP contribution < -0.4 is 5.32 Å². The van der Waals surface area contributed by atoms with Crippen LogP contribution in [0.25, 0.3) is 16.9 Å². The number of benzene rings is 1. The number of anilines is 1. The molecule has 4 aromatic rings. The van der Waals surface area contributed by atoms with Crippen molar-refractivity contribution in [1.82, 2.24) is 30.2 Å². The van der Waals surface area contributed by atoms with Crippen molar-refractivity contribution >= 4 is 29.2 Å². The second-order valence-corrected chi connectivity index (χ2v) is 6.60. The van der Waals surface area contributed by atoms with Crippen LogP contribution in [0.15, 0.2) is 48.8 Å². The third kappa shape index (κ3) is 3.87. The Labute approximate surface area is 173 Å². The first-order valence-electron chi connectivity index (χ1n) is 8.26. The van der Waals surface area contributed by atoms with Gasteiger partial charge in [0.05, 0.1) is 21.4 Å². The van der Waals surface area contributed by atoms with Crippen LogP contribution in [0, 0.1) is 11.8 Å². The predicted octanol–water partition coefficient (Wildman–Crippen LogP) is 4.32. The number of pyridine rings is 2. The fraction of sp³-hybridized carbons (Fsp3) is 0.0556. The Morgan fingerprint density at radius 1 is 1.00 bits per heavy atom. The van der Waals surface area contributed by atoms with Gasteiger partial charge in [-0.05, 0) is 46.3 Å². The highest BCUT2D eigenvalue weighted by atomic mass is 35.5. The highest BCUT2D eigenvalue weighted by Crippen LogP contribution is 2.31. The third-order valence-electron chi connectivity index (χ3n) is 4.04. The first-order valence-corrected chi connectivity index (χ1v) is 9.02. The maximum absolute atomic E-state index is 13.6. The van der Waals surface area contributed by atoms with Crippen LogP contribution >= 0.6 is 23.2 Å². The molecule has 11 heteroatoms. The smallest absolute Gasteiger partial charge is 0.248 e. The van der Waals surface area contributed by atoms with Crippen molar-refractivity contribution in [2.75, 3.05) is 5.32 Å². The monoisotopic (exact) mass is 433 g/mol. The van der Waals surface area contributed by atoms with E-state index < -0.39 is 11.8 Å². The van der Waals surface area contributed by atoms with E-state index >= 15 is 0 Å². The number of aromatic nitrogens is 6. The molecule has 4 rings (SSSR count). The van der Waals surface area contributed by atoms with Crippen molar-refractivity contribution in [2.45, 2.75) is 6.54 Å². The van der Waals surface area contributed by atoms with Gasteiger partial charge in [-0.15, -0.1) is 0 Å². The van der Waals surface area contributed by atoms with E-state index in [9.17, 15) is 8.78 Å². The summed E-state index contributed by atoms with van der Waals surface area (Å²) in [6.45, 7) is 0.299. The lowest BCUT2D eigenvalue weighted by molar-refractivity contribution is 0.584. The molecule has 146 valence electrons. The minimum atomic E-state index is -0.643. The Morgan fingerprint density at radius 2 is 1.86 bits per heavy atom. The van der Waals surface area contributed by atoms with Gasteiger partial charge >= 0.3 is 0 Å². The lowest BCUT2D eigenvalue weighted by atomic mass is 10.1. The molecule has 0 spiro atoms. The minimum absolute atomic E-state index is 0.0125. The molecule has 3 aromatic heterocycles. The zero-order chi connectivity index (χ0) is 20.4. The van der Waals surface area contributed by atoms with Gasteiger partial charge in [0.2, 0.25) is 11.9 Å². The maximum Gasteiger partial charge on any atom is 0.248 e. The molecular formula is C18H11Cl2F2N7. The zero-order valence-electron chi connectivity index (χ0n) is 14.5. The summed E-state index contributed by atoms with van der Waals surface area (Å²) in [5.74, 6) is -0.948. The van der Waals surface area contributed by atoms with Crippen molar-refractivity contribution in [2.24, 2.45) is 0 Å². The second kappa shape index (κ2) is 8.06. The summed E-state index contributed by atoms with van der Waals surface area (Å²) < 4.78 is 28.0. The van der Waals surface area contributed by atoms with E-state index in [4.69, 9.17) is 23.2 Å². The molecule has 0 unspecified atom stereocenters. The van der Waals surface area contributed by atoms with E-state index in [1.54, 1.807) is 18.3 Å². The lowest BCUT2D eigenvalue weighted by Crippen LogP contribution is -2.09. The summed E-state index contributed by atoms with van der Waals surface area (Å²) in [6.07, 6.45) is 3.04. The number of nitrogens with zero attached hydrogens (tertiary/aromatic N) is 6. The minimum Gasteiger partial charge on any atom is -0.349 e. The van der Waals surface area contributed by atoms with Crippen LogP contribution in [0.3, 0.4) is 0 Å². The van der Waals surface area contributed by atoms with Gasteiger partial charge < -0.3 is 5.32 Å². The molecule has 0 saturated carbocycles. The van der Waals surface area contributed by atoms with E-state index in [1.165, 1.54) is 29.1 Å². The highest BCUT2D eigenvalue weighted by Gasteiger charge is 2.16. The van der Waals surface area contributed by atoms with Crippen LogP contribution in [0.2, 0.25) is 10.0 Å². The largest absolute Gasteiger partial charge is 0.349 e. The summed E-state index contributed by atoms with van der Waals surface area (Å²) in [4.78, 5) is 8.02. The Kier molecular flexibility index (Phi) is 5.32. The standard InChI is InChI=1S/C18H11Cl2F2N7/c19-15-12(21)4-5-13(16(15)20)29-18(26-27-28-29)25-9-10-2-1-7-23-17(10)11-3-6-14(22)24-8-11/h1-8H,9H2,(H,25,26,28). The van der Waals surface area contributed by atoms with Crippen LogP contribution in [-0.2, 0) is 6.54 Å². The molecule has 29 heavy (non-hydrogen) atoms. The van der Waals surface area contributed by atoms with E-state index in [2.05, 4.69) is 30.8 Å². The normalized spacial score (nSPS) is 10.9. The molecule has 0 aliphatic heterocycles. The molecule has 0 aliphatic rings. The van der Waals surface area contributed by atoms with Crippen molar-refractivity contribution in [3.63, 3.8) is 0 Å². The first kappa shape index (κ1) is 19.2. The molecule has 0 bridgehead atoms. The second-order valence-electron chi connectivity index (χ2n) is 5.84. The summed E-state index contributed by atoms with van der Waals surface area (Å²) >= 11 is 12.0. The molecule has 7 nitrogen and oxygen atoms in total. The topological polar surface area (TPSA) is 81.4 Å². The van der Waals surface area contributed by atoms with Crippen molar-refractivity contribution < 1.29 is 8.78 Å². The molecule has 0 amide bonds. The summed E-state index contributed by atoms with van der Waals surface area (Å²) in [5, 5.41) is 14.3. The average molecular weight is 434 g/mol. The van der Waals surface area contributed by atoms with Crippen molar-refractivity contribution in [1.29, 1.82) is 0 Å². The van der Waals surface area contributed by atoms with Crippen molar-refractivity contribution in [3.8, 4) is 16.9 Å². The number of rotatable bonds is 5. The fourth-order valence-corrected chi connectivity index (χ4v) is 3.06. The number of halogens is 4. The average Bonchev–Trinajstić information content (AvgIpc) is 3.20. The number of hydrogen-bond acceptors (Lipinski definition) is 6. The van der Waals surface area contributed by atoms with Gasteiger partial charge in [-0.2, -0.15) is 9.07 Å². The number of tetrazole rings is 1. The Balaban J connectivity index is 1.62. The molecule has 0 radical (unpaired) electrons. The quantitative estimate of drug-likeness (QED) is 0.372. The van der Waals surface area contributed by atoms with Crippen LogP contribution in [-0.4, -0.2) is 30.2 Å². The van der Waals surface area contributed by atoms with E-state index in [0.29, 0.717) is 23.5 Å². The zero-order valence-corrected chi connectivity index (χ0v) is 16.0. The van der Waals surface area contributed by atoms with Crippen molar-refractivity contribution in [3.05, 3.63) is 76.2 Å². The third-order valence-corrected chi connectivity index (χ3v) is 4.89. The fourth-order valence-electron chi connectivity index (χ4n) is 2.67. The van der Waals surface area contributed by atoms with E-state index in [1.807, 2.05) is 6.07 Å². The van der Waals surface area contributed by atoms with Gasteiger partial charge in [-0.1, -0.05) is 34.4 Å². The molecular weight excluding hydrogens is 423 g/mol. The number of hydrogen-bond donors (Lipinski definition) is 1. The van der Waals surface area contributed by atoms with Crippen LogP contribution in [0.4, 0.5) is 14.7 Å². The summed E-state index contributed by atoms with van der Waals surface area (Å²) in [6, 6.07) is 9.09. The SMILES string of the molecule is Fc1ccc(-c2ncccc2CNc2nnnn2-c2ccc(F)c(Cl)c2Cl)cn1. The van der Waals surface area contributed by atoms with Gasteiger partial charge in [0, 0.05) is 24.5 Å². The Morgan fingerprint density at radius 3 is 2.66 bits per heavy atom. The van der Waals surface area contributed by atoms with Gasteiger partial charge in [-0.3, -0.25) is 4.98 Å². The lowest BCUT2D eigenvalue weighted by Gasteiger charge is -2.11. The Bertz CT molecular complexity index is 1170. The highest BCUT2D eigenvalue weighted by molar-refractivity contribution is 6.43. The maximum atomic E-state index is 13.6. The number of nitrogens with one attached hydrogen (secondary N) is 1. The summed E-state index contributed by atoms with van der Waals surface area (Å²) in [5.41, 5.74) is 2.42. The molecule has 0 atom stereocenters. The molecule has 1 N–H and O–H groups in total. The van der Waals surface area contributed by atoms with Gasteiger partial charge in [0.1, 0.15) is 5.82 Å². The molecule has 0 aliphatic carbocycles. The Hall–Kier alpha value is -3.17. The van der Waals surface area contributed by atoms with E-state index in [-0.39, 0.29) is 16.0 Å². The van der Waals surface area contributed by atoms with E-state index in [0.717, 1.165) is 5.56 Å². The molecule has 0 saturated heterocycles. The first-order chi connectivity index (χ1) is 14.0.